The zero-order valence-electron chi connectivity index (χ0n) is 23.9. The van der Waals surface area contributed by atoms with E-state index in [-0.39, 0.29) is 11.9 Å². The van der Waals surface area contributed by atoms with E-state index in [1.54, 1.807) is 20.8 Å². The van der Waals surface area contributed by atoms with Crippen LogP contribution in [-0.4, -0.2) is 76.2 Å². The zero-order valence-corrected chi connectivity index (χ0v) is 24.7. The predicted molar refractivity (Wildman–Crippen MR) is 151 cm³/mol. The Balaban J connectivity index is 1.30. The van der Waals surface area contributed by atoms with Crippen LogP contribution in [0.3, 0.4) is 0 Å². The minimum absolute atomic E-state index is 0.0528. The first-order chi connectivity index (χ1) is 18.3. The number of rotatable bonds is 3. The van der Waals surface area contributed by atoms with Gasteiger partial charge in [-0.25, -0.2) is 9.78 Å². The topological polar surface area (TPSA) is 101 Å². The number of thiophene rings is 1. The highest BCUT2D eigenvalue weighted by molar-refractivity contribution is 7.23. The van der Waals surface area contributed by atoms with Gasteiger partial charge in [-0.3, -0.25) is 19.8 Å². The Morgan fingerprint density at radius 1 is 1.18 bits per heavy atom. The Morgan fingerprint density at radius 2 is 1.90 bits per heavy atom. The van der Waals surface area contributed by atoms with E-state index >= 15 is 0 Å². The van der Waals surface area contributed by atoms with Crippen LogP contribution in [0.4, 0.5) is 9.80 Å². The van der Waals surface area contributed by atoms with E-state index in [0.717, 1.165) is 56.3 Å². The predicted octanol–water partition coefficient (Wildman–Crippen LogP) is 5.36. The number of likely N-dealkylation sites (tertiary alicyclic amines) is 2. The molecule has 3 fully saturated rings. The van der Waals surface area contributed by atoms with Gasteiger partial charge in [0.15, 0.2) is 0 Å². The van der Waals surface area contributed by atoms with Crippen molar-refractivity contribution >= 4 is 44.5 Å². The molecule has 3 aliphatic heterocycles. The molecule has 5 heterocycles. The highest BCUT2D eigenvalue weighted by Crippen LogP contribution is 2.47. The van der Waals surface area contributed by atoms with Crippen LogP contribution in [0.1, 0.15) is 82.8 Å². The number of amides is 2. The van der Waals surface area contributed by atoms with Crippen LogP contribution in [0, 0.1) is 12.3 Å². The number of fused-ring (bicyclic) bond motifs is 1. The van der Waals surface area contributed by atoms with Crippen LogP contribution < -0.4 is 5.32 Å². The summed E-state index contributed by atoms with van der Waals surface area (Å²) in [5.74, 6) is -0.157. The first kappa shape index (κ1) is 27.8. The number of carbonyl (C=O) groups excluding carboxylic acids is 3. The van der Waals surface area contributed by atoms with Gasteiger partial charge in [-0.15, -0.1) is 0 Å². The molecule has 39 heavy (non-hydrogen) atoms. The maximum atomic E-state index is 13.9. The molecule has 2 aromatic heterocycles. The molecule has 0 aliphatic carbocycles. The Kier molecular flexibility index (Phi) is 7.16. The van der Waals surface area contributed by atoms with Crippen molar-refractivity contribution in [1.29, 1.82) is 0 Å². The maximum Gasteiger partial charge on any atom is 0.412 e. The second-order valence-electron chi connectivity index (χ2n) is 12.9. The molecule has 10 heteroatoms. The van der Waals surface area contributed by atoms with Crippen molar-refractivity contribution in [3.63, 3.8) is 0 Å². The van der Waals surface area contributed by atoms with Crippen LogP contribution in [0.5, 0.6) is 0 Å². The quantitative estimate of drug-likeness (QED) is 0.508. The minimum atomic E-state index is -0.653. The van der Waals surface area contributed by atoms with Crippen LogP contribution in [0.25, 0.3) is 10.2 Å². The summed E-state index contributed by atoms with van der Waals surface area (Å²) in [6, 6.07) is 4.12. The lowest BCUT2D eigenvalue weighted by atomic mass is 9.74. The molecule has 1 atom stereocenters. The number of carbonyl (C=O) groups is 3. The summed E-state index contributed by atoms with van der Waals surface area (Å²) in [4.78, 5) is 49.0. The standard InChI is InChI=1S/C29H40N4O5S/c1-18-8-9-20-21(23(39-22(20)30-18)31-26(36)38-27(2,3)4)24(34)32-14-10-19(11-15-32)33-13-7-12-29(17-33)16-28(5,6)37-25(29)35/h8-9,19H,7,10-17H2,1-6H3,(H,31,36). The van der Waals surface area contributed by atoms with Crippen molar-refractivity contribution in [3.8, 4) is 0 Å². The molecule has 0 saturated carbocycles. The van der Waals surface area contributed by atoms with Crippen molar-refractivity contribution in [1.82, 2.24) is 14.8 Å². The maximum absolute atomic E-state index is 13.9. The van der Waals surface area contributed by atoms with Gasteiger partial charge in [0.1, 0.15) is 21.0 Å². The molecule has 0 aromatic carbocycles. The number of cyclic esters (lactones) is 1. The Morgan fingerprint density at radius 3 is 2.54 bits per heavy atom. The van der Waals surface area contributed by atoms with Crippen molar-refractivity contribution in [2.24, 2.45) is 5.41 Å². The number of aromatic nitrogens is 1. The first-order valence-corrected chi connectivity index (χ1v) is 14.7. The second kappa shape index (κ2) is 10.0. The summed E-state index contributed by atoms with van der Waals surface area (Å²) < 4.78 is 11.2. The van der Waals surface area contributed by atoms with E-state index in [1.807, 2.05) is 37.8 Å². The minimum Gasteiger partial charge on any atom is -0.459 e. The van der Waals surface area contributed by atoms with Gasteiger partial charge in [0.2, 0.25) is 0 Å². The summed E-state index contributed by atoms with van der Waals surface area (Å²) in [5, 5.41) is 4.02. The zero-order chi connectivity index (χ0) is 28.2. The molecule has 1 spiro atoms. The lowest BCUT2D eigenvalue weighted by Crippen LogP contribution is -2.53. The van der Waals surface area contributed by atoms with Crippen LogP contribution >= 0.6 is 11.3 Å². The molecular formula is C29H40N4O5S. The van der Waals surface area contributed by atoms with Crippen molar-refractivity contribution in [2.75, 3.05) is 31.5 Å². The third-order valence-corrected chi connectivity index (χ3v) is 8.98. The number of pyridine rings is 1. The van der Waals surface area contributed by atoms with E-state index in [4.69, 9.17) is 9.47 Å². The summed E-state index contributed by atoms with van der Waals surface area (Å²) >= 11 is 1.30. The van der Waals surface area contributed by atoms with E-state index in [1.165, 1.54) is 11.3 Å². The normalized spacial score (nSPS) is 24.3. The van der Waals surface area contributed by atoms with Gasteiger partial charge < -0.3 is 14.4 Å². The fraction of sp³-hybridized carbons (Fsp3) is 0.655. The molecule has 2 aromatic rings. The molecule has 1 unspecified atom stereocenters. The number of nitrogens with zero attached hydrogens (tertiary/aromatic N) is 3. The molecule has 0 radical (unpaired) electrons. The Hall–Kier alpha value is -2.72. The molecule has 9 nitrogen and oxygen atoms in total. The van der Waals surface area contributed by atoms with Crippen LogP contribution in [0.2, 0.25) is 0 Å². The molecule has 212 valence electrons. The summed E-state index contributed by atoms with van der Waals surface area (Å²) in [5.41, 5.74) is -0.143. The summed E-state index contributed by atoms with van der Waals surface area (Å²) in [6.45, 7) is 14.3. The van der Waals surface area contributed by atoms with Crippen LogP contribution in [0.15, 0.2) is 12.1 Å². The van der Waals surface area contributed by atoms with E-state index in [0.29, 0.717) is 34.5 Å². The number of nitrogens with one attached hydrogen (secondary N) is 1. The van der Waals surface area contributed by atoms with E-state index in [2.05, 4.69) is 15.2 Å². The molecule has 0 bridgehead atoms. The number of anilines is 1. The fourth-order valence-corrected chi connectivity index (χ4v) is 7.53. The number of hydrogen-bond donors (Lipinski definition) is 1. The SMILES string of the molecule is Cc1ccc2c(C(=O)N3CCC(N4CCCC5(C4)CC(C)(C)OC5=O)CC3)c(NC(=O)OC(C)(C)C)sc2n1. The lowest BCUT2D eigenvalue weighted by molar-refractivity contribution is -0.154. The number of piperidine rings is 2. The van der Waals surface area contributed by atoms with Crippen molar-refractivity contribution in [3.05, 3.63) is 23.4 Å². The fourth-order valence-electron chi connectivity index (χ4n) is 6.43. The Bertz CT molecular complexity index is 1290. The molecular weight excluding hydrogens is 516 g/mol. The molecule has 3 saturated heterocycles. The van der Waals surface area contributed by atoms with Gasteiger partial charge in [0.05, 0.1) is 11.0 Å². The largest absolute Gasteiger partial charge is 0.459 e. The van der Waals surface area contributed by atoms with Crippen molar-refractivity contribution in [2.45, 2.75) is 90.9 Å². The highest BCUT2D eigenvalue weighted by atomic mass is 32.1. The van der Waals surface area contributed by atoms with Crippen molar-refractivity contribution < 1.29 is 23.9 Å². The number of aryl methyl sites for hydroxylation is 1. The van der Waals surface area contributed by atoms with Crippen LogP contribution in [-0.2, 0) is 14.3 Å². The van der Waals surface area contributed by atoms with Gasteiger partial charge in [0.25, 0.3) is 5.91 Å². The first-order valence-electron chi connectivity index (χ1n) is 13.9. The molecule has 3 aliphatic rings. The Labute approximate surface area is 234 Å². The number of hydrogen-bond acceptors (Lipinski definition) is 8. The lowest BCUT2D eigenvalue weighted by Gasteiger charge is -2.44. The third kappa shape index (κ3) is 5.77. The molecule has 5 rings (SSSR count). The number of esters is 1. The third-order valence-electron chi connectivity index (χ3n) is 7.96. The number of ether oxygens (including phenoxy) is 2. The average molecular weight is 557 g/mol. The van der Waals surface area contributed by atoms with Gasteiger partial charge in [-0.2, -0.15) is 0 Å². The monoisotopic (exact) mass is 556 g/mol. The second-order valence-corrected chi connectivity index (χ2v) is 13.9. The van der Waals surface area contributed by atoms with Gasteiger partial charge in [-0.05, 0) is 85.9 Å². The van der Waals surface area contributed by atoms with Gasteiger partial charge in [0, 0.05) is 43.2 Å². The summed E-state index contributed by atoms with van der Waals surface area (Å²) in [7, 11) is 0. The van der Waals surface area contributed by atoms with E-state index < -0.39 is 22.7 Å². The summed E-state index contributed by atoms with van der Waals surface area (Å²) in [6.07, 6.45) is 3.72. The molecule has 2 amide bonds. The highest BCUT2D eigenvalue weighted by Gasteiger charge is 2.54. The smallest absolute Gasteiger partial charge is 0.412 e. The van der Waals surface area contributed by atoms with E-state index in [9.17, 15) is 14.4 Å². The van der Waals surface area contributed by atoms with Gasteiger partial charge in [-0.1, -0.05) is 11.3 Å². The average Bonchev–Trinajstić information content (AvgIpc) is 3.28. The van der Waals surface area contributed by atoms with Gasteiger partial charge >= 0.3 is 12.1 Å². The molecule has 1 N–H and O–H groups in total.